The fourth-order valence-corrected chi connectivity index (χ4v) is 6.64. The first-order valence-electron chi connectivity index (χ1n) is 10.9. The zero-order valence-electron chi connectivity index (χ0n) is 19.2. The minimum atomic E-state index is -3.66. The van der Waals surface area contributed by atoms with Crippen LogP contribution in [-0.4, -0.2) is 53.2 Å². The van der Waals surface area contributed by atoms with Crippen molar-refractivity contribution in [3.8, 4) is 0 Å². The summed E-state index contributed by atoms with van der Waals surface area (Å²) in [5.41, 5.74) is 2.50. The van der Waals surface area contributed by atoms with E-state index in [0.717, 1.165) is 11.1 Å². The summed E-state index contributed by atoms with van der Waals surface area (Å²) in [6.45, 7) is 6.24. The van der Waals surface area contributed by atoms with Crippen LogP contribution in [0.1, 0.15) is 29.5 Å². The summed E-state index contributed by atoms with van der Waals surface area (Å²) in [6, 6.07) is 12.0. The van der Waals surface area contributed by atoms with Gasteiger partial charge in [0.2, 0.25) is 26.0 Å². The molecule has 10 heteroatoms. The first kappa shape index (κ1) is 25.4. The fraction of sp³-hybridized carbons (Fsp3) is 0.435. The number of piperidine rings is 1. The molecule has 0 saturated carbocycles. The van der Waals surface area contributed by atoms with Crippen LogP contribution in [0.25, 0.3) is 0 Å². The van der Waals surface area contributed by atoms with Gasteiger partial charge in [0.1, 0.15) is 0 Å². The van der Waals surface area contributed by atoms with Crippen molar-refractivity contribution in [1.82, 2.24) is 14.3 Å². The van der Waals surface area contributed by atoms with Gasteiger partial charge >= 0.3 is 0 Å². The van der Waals surface area contributed by atoms with Gasteiger partial charge in [0, 0.05) is 32.1 Å². The molecular formula is C23H31N3O5S2. The second-order valence-electron chi connectivity index (χ2n) is 8.45. The molecule has 1 aliphatic rings. The lowest BCUT2D eigenvalue weighted by atomic mass is 9.97. The largest absolute Gasteiger partial charge is 0.355 e. The van der Waals surface area contributed by atoms with Gasteiger partial charge in [-0.05, 0) is 62.9 Å². The van der Waals surface area contributed by atoms with Crippen molar-refractivity contribution in [3.63, 3.8) is 0 Å². The number of benzene rings is 2. The molecular weight excluding hydrogens is 462 g/mol. The third kappa shape index (κ3) is 6.20. The predicted molar refractivity (Wildman–Crippen MR) is 127 cm³/mol. The molecule has 2 N–H and O–H groups in total. The summed E-state index contributed by atoms with van der Waals surface area (Å²) in [5.74, 6) is -0.488. The van der Waals surface area contributed by atoms with Crippen molar-refractivity contribution in [2.24, 2.45) is 5.92 Å². The van der Waals surface area contributed by atoms with Crippen LogP contribution in [0.2, 0.25) is 0 Å². The molecule has 1 fully saturated rings. The molecule has 33 heavy (non-hydrogen) atoms. The number of carbonyl (C=O) groups excluding carboxylic acids is 1. The van der Waals surface area contributed by atoms with Crippen LogP contribution >= 0.6 is 0 Å². The Bertz CT molecular complexity index is 1200. The highest BCUT2D eigenvalue weighted by Gasteiger charge is 2.32. The smallest absolute Gasteiger partial charge is 0.243 e. The Hall–Kier alpha value is -2.27. The Morgan fingerprint density at radius 1 is 0.909 bits per heavy atom. The molecule has 1 aliphatic heterocycles. The van der Waals surface area contributed by atoms with E-state index < -0.39 is 20.0 Å². The maximum atomic E-state index is 12.8. The number of rotatable bonds is 8. The molecule has 0 spiro atoms. The molecule has 0 unspecified atom stereocenters. The molecule has 0 atom stereocenters. The quantitative estimate of drug-likeness (QED) is 0.547. The Kier molecular flexibility index (Phi) is 7.94. The van der Waals surface area contributed by atoms with E-state index >= 15 is 0 Å². The summed E-state index contributed by atoms with van der Waals surface area (Å²) in [5, 5.41) is 2.76. The van der Waals surface area contributed by atoms with Crippen LogP contribution in [0, 0.1) is 26.7 Å². The maximum absolute atomic E-state index is 12.8. The number of amides is 1. The van der Waals surface area contributed by atoms with Crippen molar-refractivity contribution in [2.45, 2.75) is 43.4 Å². The molecule has 0 aromatic heterocycles. The van der Waals surface area contributed by atoms with Crippen molar-refractivity contribution in [3.05, 3.63) is 59.2 Å². The molecule has 0 radical (unpaired) electrons. The standard InChI is InChI=1S/C23H31N3O5S2/c1-17-5-8-21(9-6-17)33(30,31)26-14-10-20(11-15-26)23(27)24-12-13-25-32(28,29)22-16-18(2)4-7-19(22)3/h4-9,16,20,25H,10-15H2,1-3H3,(H,24,27). The summed E-state index contributed by atoms with van der Waals surface area (Å²) in [6.07, 6.45) is 0.844. The average Bonchev–Trinajstić information content (AvgIpc) is 2.78. The first-order valence-corrected chi connectivity index (χ1v) is 13.8. The lowest BCUT2D eigenvalue weighted by Gasteiger charge is -2.30. The first-order chi connectivity index (χ1) is 15.5. The Balaban J connectivity index is 1.47. The van der Waals surface area contributed by atoms with E-state index in [1.165, 1.54) is 4.31 Å². The fourth-order valence-electron chi connectivity index (χ4n) is 3.81. The second-order valence-corrected chi connectivity index (χ2v) is 12.1. The molecule has 8 nitrogen and oxygen atoms in total. The normalized spacial score (nSPS) is 16.0. The van der Waals surface area contributed by atoms with E-state index in [1.54, 1.807) is 43.3 Å². The van der Waals surface area contributed by atoms with Crippen molar-refractivity contribution >= 4 is 26.0 Å². The molecule has 1 heterocycles. The zero-order chi connectivity index (χ0) is 24.2. The maximum Gasteiger partial charge on any atom is 0.243 e. The highest BCUT2D eigenvalue weighted by Crippen LogP contribution is 2.24. The lowest BCUT2D eigenvalue weighted by Crippen LogP contribution is -2.44. The molecule has 180 valence electrons. The van der Waals surface area contributed by atoms with E-state index in [4.69, 9.17) is 0 Å². The van der Waals surface area contributed by atoms with Crippen molar-refractivity contribution < 1.29 is 21.6 Å². The second kappa shape index (κ2) is 10.3. The van der Waals surface area contributed by atoms with Gasteiger partial charge in [0.15, 0.2) is 0 Å². The van der Waals surface area contributed by atoms with Gasteiger partial charge in [-0.3, -0.25) is 4.79 Å². The minimum absolute atomic E-state index is 0.0715. The van der Waals surface area contributed by atoms with E-state index in [-0.39, 0.29) is 47.8 Å². The average molecular weight is 494 g/mol. The summed E-state index contributed by atoms with van der Waals surface area (Å²) < 4.78 is 54.6. The van der Waals surface area contributed by atoms with Crippen LogP contribution in [0.4, 0.5) is 0 Å². The number of hydrogen-bond donors (Lipinski definition) is 2. The van der Waals surface area contributed by atoms with Crippen LogP contribution < -0.4 is 10.0 Å². The van der Waals surface area contributed by atoms with Gasteiger partial charge in [-0.1, -0.05) is 29.8 Å². The summed E-state index contributed by atoms with van der Waals surface area (Å²) >= 11 is 0. The number of nitrogens with zero attached hydrogens (tertiary/aromatic N) is 1. The zero-order valence-corrected chi connectivity index (χ0v) is 20.8. The molecule has 2 aromatic rings. The van der Waals surface area contributed by atoms with Gasteiger partial charge in [-0.25, -0.2) is 21.6 Å². The van der Waals surface area contributed by atoms with Gasteiger partial charge in [-0.15, -0.1) is 0 Å². The van der Waals surface area contributed by atoms with E-state index in [9.17, 15) is 21.6 Å². The number of aryl methyl sites for hydroxylation is 3. The van der Waals surface area contributed by atoms with Crippen LogP contribution in [0.15, 0.2) is 52.3 Å². The highest BCUT2D eigenvalue weighted by molar-refractivity contribution is 7.89. The molecule has 0 aliphatic carbocycles. The van der Waals surface area contributed by atoms with E-state index in [0.29, 0.717) is 18.4 Å². The summed E-state index contributed by atoms with van der Waals surface area (Å²) in [4.78, 5) is 13.0. The Labute approximate surface area is 196 Å². The number of sulfonamides is 2. The molecule has 2 aromatic carbocycles. The molecule has 0 bridgehead atoms. The van der Waals surface area contributed by atoms with Crippen molar-refractivity contribution in [2.75, 3.05) is 26.2 Å². The van der Waals surface area contributed by atoms with Gasteiger partial charge < -0.3 is 5.32 Å². The molecule has 1 amide bonds. The number of carbonyl (C=O) groups is 1. The molecule has 3 rings (SSSR count). The topological polar surface area (TPSA) is 113 Å². The number of hydrogen-bond acceptors (Lipinski definition) is 5. The number of nitrogens with one attached hydrogen (secondary N) is 2. The summed E-state index contributed by atoms with van der Waals surface area (Å²) in [7, 11) is -7.24. The third-order valence-electron chi connectivity index (χ3n) is 5.83. The minimum Gasteiger partial charge on any atom is -0.355 e. The Morgan fingerprint density at radius 3 is 2.15 bits per heavy atom. The lowest BCUT2D eigenvalue weighted by molar-refractivity contribution is -0.126. The van der Waals surface area contributed by atoms with Gasteiger partial charge in [0.25, 0.3) is 0 Å². The van der Waals surface area contributed by atoms with E-state index in [1.807, 2.05) is 19.9 Å². The van der Waals surface area contributed by atoms with Crippen LogP contribution in [0.5, 0.6) is 0 Å². The monoisotopic (exact) mass is 493 g/mol. The van der Waals surface area contributed by atoms with Crippen LogP contribution in [0.3, 0.4) is 0 Å². The Morgan fingerprint density at radius 2 is 1.52 bits per heavy atom. The van der Waals surface area contributed by atoms with Gasteiger partial charge in [0.05, 0.1) is 9.79 Å². The SMILES string of the molecule is Cc1ccc(S(=O)(=O)N2CCC(C(=O)NCCNS(=O)(=O)c3cc(C)ccc3C)CC2)cc1. The third-order valence-corrected chi connectivity index (χ3v) is 9.35. The van der Waals surface area contributed by atoms with E-state index in [2.05, 4.69) is 10.0 Å². The van der Waals surface area contributed by atoms with Gasteiger partial charge in [-0.2, -0.15) is 4.31 Å². The molecule has 1 saturated heterocycles. The van der Waals surface area contributed by atoms with Crippen LogP contribution in [-0.2, 0) is 24.8 Å². The predicted octanol–water partition coefficient (Wildman–Crippen LogP) is 2.11. The highest BCUT2D eigenvalue weighted by atomic mass is 32.2. The van der Waals surface area contributed by atoms with Crippen molar-refractivity contribution in [1.29, 1.82) is 0 Å².